The van der Waals surface area contributed by atoms with E-state index >= 15 is 0 Å². The molecule has 0 aliphatic heterocycles. The van der Waals surface area contributed by atoms with E-state index in [9.17, 15) is 0 Å². The molecule has 0 aromatic rings. The maximum absolute atomic E-state index is 8.21. The number of hydrazine groups is 1. The second kappa shape index (κ2) is 5.03. The normalized spacial score (nSPS) is 10.5. The summed E-state index contributed by atoms with van der Waals surface area (Å²) in [6.45, 7) is 5.09. The van der Waals surface area contributed by atoms with Crippen molar-refractivity contribution in [3.63, 3.8) is 0 Å². The zero-order chi connectivity index (χ0) is 6.41. The van der Waals surface area contributed by atoms with Gasteiger partial charge in [0.2, 0.25) is 0 Å². The van der Waals surface area contributed by atoms with E-state index in [0.717, 1.165) is 6.54 Å². The van der Waals surface area contributed by atoms with Crippen molar-refractivity contribution in [3.8, 4) is 0 Å². The Balaban J connectivity index is 2.72. The van der Waals surface area contributed by atoms with Crippen molar-refractivity contribution in [2.75, 3.05) is 13.3 Å². The fourth-order valence-electron chi connectivity index (χ4n) is 0.332. The lowest BCUT2D eigenvalue weighted by Crippen LogP contribution is -2.35. The van der Waals surface area contributed by atoms with E-state index in [4.69, 9.17) is 5.11 Å². The van der Waals surface area contributed by atoms with Gasteiger partial charge in [0.25, 0.3) is 0 Å². The molecule has 0 aliphatic rings. The molecule has 0 bridgehead atoms. The van der Waals surface area contributed by atoms with E-state index in [-0.39, 0.29) is 6.73 Å². The van der Waals surface area contributed by atoms with E-state index < -0.39 is 0 Å². The highest BCUT2D eigenvalue weighted by Gasteiger charge is 1.88. The van der Waals surface area contributed by atoms with Crippen LogP contribution in [-0.4, -0.2) is 18.4 Å². The second-order valence-corrected chi connectivity index (χ2v) is 2.11. The molecule has 0 aromatic heterocycles. The molecule has 50 valence electrons. The van der Waals surface area contributed by atoms with Gasteiger partial charge in [-0.25, -0.2) is 5.43 Å². The summed E-state index contributed by atoms with van der Waals surface area (Å²) in [5.74, 6) is 0.619. The van der Waals surface area contributed by atoms with Crippen LogP contribution in [0, 0.1) is 5.92 Å². The Morgan fingerprint density at radius 2 is 2.00 bits per heavy atom. The molecule has 0 saturated heterocycles. The molecule has 3 heteroatoms. The third kappa shape index (κ3) is 5.88. The average Bonchev–Trinajstić information content (AvgIpc) is 1.66. The first-order valence-electron chi connectivity index (χ1n) is 2.84. The minimum atomic E-state index is -0.00722. The largest absolute Gasteiger partial charge is 0.380 e. The van der Waals surface area contributed by atoms with Crippen LogP contribution in [0.3, 0.4) is 0 Å². The predicted molar refractivity (Wildman–Crippen MR) is 33.1 cm³/mol. The highest BCUT2D eigenvalue weighted by atomic mass is 16.3. The molecule has 8 heavy (non-hydrogen) atoms. The van der Waals surface area contributed by atoms with Gasteiger partial charge in [0.05, 0.1) is 0 Å². The Kier molecular flexibility index (Phi) is 4.95. The smallest absolute Gasteiger partial charge is 0.105 e. The van der Waals surface area contributed by atoms with E-state index in [0.29, 0.717) is 5.92 Å². The van der Waals surface area contributed by atoms with Crippen LogP contribution in [0.1, 0.15) is 13.8 Å². The first-order chi connectivity index (χ1) is 3.77. The Morgan fingerprint density at radius 3 is 2.38 bits per heavy atom. The van der Waals surface area contributed by atoms with Crippen molar-refractivity contribution in [3.05, 3.63) is 0 Å². The maximum Gasteiger partial charge on any atom is 0.105 e. The second-order valence-electron chi connectivity index (χ2n) is 2.11. The molecular formula is C5H14N2O. The summed E-state index contributed by atoms with van der Waals surface area (Å²) in [5, 5.41) is 8.21. The molecule has 0 atom stereocenters. The summed E-state index contributed by atoms with van der Waals surface area (Å²) in [6.07, 6.45) is 0. The van der Waals surface area contributed by atoms with Crippen molar-refractivity contribution in [2.45, 2.75) is 13.8 Å². The van der Waals surface area contributed by atoms with Crippen molar-refractivity contribution >= 4 is 0 Å². The van der Waals surface area contributed by atoms with Crippen molar-refractivity contribution in [2.24, 2.45) is 5.92 Å². The molecule has 0 unspecified atom stereocenters. The summed E-state index contributed by atoms with van der Waals surface area (Å²) < 4.78 is 0. The predicted octanol–water partition coefficient (Wildman–Crippen LogP) is -0.314. The van der Waals surface area contributed by atoms with Crippen LogP contribution in [-0.2, 0) is 0 Å². The fraction of sp³-hybridized carbons (Fsp3) is 1.00. The van der Waals surface area contributed by atoms with Crippen molar-refractivity contribution < 1.29 is 5.11 Å². The van der Waals surface area contributed by atoms with Gasteiger partial charge in [0, 0.05) is 6.54 Å². The lowest BCUT2D eigenvalue weighted by Gasteiger charge is -2.05. The fourth-order valence-corrected chi connectivity index (χ4v) is 0.332. The first-order valence-corrected chi connectivity index (χ1v) is 2.84. The summed E-state index contributed by atoms with van der Waals surface area (Å²) in [5.41, 5.74) is 5.42. The van der Waals surface area contributed by atoms with Gasteiger partial charge in [-0.3, -0.25) is 5.43 Å². The third-order valence-corrected chi connectivity index (χ3v) is 0.714. The van der Waals surface area contributed by atoms with E-state index in [1.165, 1.54) is 0 Å². The molecular weight excluding hydrogens is 104 g/mol. The van der Waals surface area contributed by atoms with E-state index in [2.05, 4.69) is 24.7 Å². The summed E-state index contributed by atoms with van der Waals surface area (Å²) >= 11 is 0. The summed E-state index contributed by atoms with van der Waals surface area (Å²) in [6, 6.07) is 0. The quantitative estimate of drug-likeness (QED) is 0.269. The molecule has 0 aliphatic carbocycles. The Bertz CT molecular complexity index is 47.7. The highest BCUT2D eigenvalue weighted by Crippen LogP contribution is 1.84. The molecule has 0 radical (unpaired) electrons. The lowest BCUT2D eigenvalue weighted by atomic mass is 10.2. The van der Waals surface area contributed by atoms with Gasteiger partial charge >= 0.3 is 0 Å². The zero-order valence-corrected chi connectivity index (χ0v) is 5.44. The van der Waals surface area contributed by atoms with Crippen LogP contribution >= 0.6 is 0 Å². The average molecular weight is 118 g/mol. The molecule has 0 aromatic carbocycles. The van der Waals surface area contributed by atoms with Crippen LogP contribution in [0.4, 0.5) is 0 Å². The first kappa shape index (κ1) is 7.88. The lowest BCUT2D eigenvalue weighted by molar-refractivity contribution is 0.234. The van der Waals surface area contributed by atoms with Gasteiger partial charge in [0.15, 0.2) is 0 Å². The number of rotatable bonds is 4. The van der Waals surface area contributed by atoms with Gasteiger partial charge in [-0.15, -0.1) is 0 Å². The zero-order valence-electron chi connectivity index (χ0n) is 5.44. The van der Waals surface area contributed by atoms with Gasteiger partial charge in [0.1, 0.15) is 6.73 Å². The van der Waals surface area contributed by atoms with E-state index in [1.54, 1.807) is 0 Å². The number of aliphatic hydroxyl groups excluding tert-OH is 1. The Hall–Kier alpha value is -0.120. The summed E-state index contributed by atoms with van der Waals surface area (Å²) in [4.78, 5) is 0. The van der Waals surface area contributed by atoms with Gasteiger partial charge < -0.3 is 5.11 Å². The molecule has 3 N–H and O–H groups in total. The molecule has 0 amide bonds. The minimum absolute atomic E-state index is 0.00722. The number of nitrogens with one attached hydrogen (secondary N) is 2. The van der Waals surface area contributed by atoms with Gasteiger partial charge in [-0.2, -0.15) is 0 Å². The Labute approximate surface area is 50.1 Å². The van der Waals surface area contributed by atoms with Gasteiger partial charge in [-0.1, -0.05) is 13.8 Å². The SMILES string of the molecule is CC(C)CNNCO. The third-order valence-electron chi connectivity index (χ3n) is 0.714. The number of hydrogen-bond acceptors (Lipinski definition) is 3. The minimum Gasteiger partial charge on any atom is -0.380 e. The van der Waals surface area contributed by atoms with Crippen molar-refractivity contribution in [1.82, 2.24) is 10.9 Å². The van der Waals surface area contributed by atoms with Crippen LogP contribution < -0.4 is 10.9 Å². The van der Waals surface area contributed by atoms with E-state index in [1.807, 2.05) is 0 Å². The summed E-state index contributed by atoms with van der Waals surface area (Å²) in [7, 11) is 0. The molecule has 0 spiro atoms. The van der Waals surface area contributed by atoms with Crippen LogP contribution in [0.25, 0.3) is 0 Å². The molecule has 0 rings (SSSR count). The molecule has 3 nitrogen and oxygen atoms in total. The standard InChI is InChI=1S/C5H14N2O/c1-5(2)3-6-7-4-8/h5-8H,3-4H2,1-2H3. The number of aliphatic hydroxyl groups is 1. The van der Waals surface area contributed by atoms with Gasteiger partial charge in [-0.05, 0) is 5.92 Å². The number of hydrogen-bond donors (Lipinski definition) is 3. The van der Waals surface area contributed by atoms with Crippen molar-refractivity contribution in [1.29, 1.82) is 0 Å². The maximum atomic E-state index is 8.21. The molecule has 0 fully saturated rings. The molecule has 0 heterocycles. The highest BCUT2D eigenvalue weighted by molar-refractivity contribution is 4.43. The van der Waals surface area contributed by atoms with Crippen LogP contribution in [0.5, 0.6) is 0 Å². The monoisotopic (exact) mass is 118 g/mol. The topological polar surface area (TPSA) is 44.3 Å². The molecule has 0 saturated carbocycles. The van der Waals surface area contributed by atoms with Crippen LogP contribution in [0.2, 0.25) is 0 Å². The van der Waals surface area contributed by atoms with Crippen LogP contribution in [0.15, 0.2) is 0 Å². The Morgan fingerprint density at radius 1 is 1.38 bits per heavy atom.